The van der Waals surface area contributed by atoms with E-state index in [0.717, 1.165) is 12.8 Å². The van der Waals surface area contributed by atoms with Crippen molar-refractivity contribution in [2.75, 3.05) is 0 Å². The monoisotopic (exact) mass is 222 g/mol. The fourth-order valence-corrected chi connectivity index (χ4v) is 2.39. The molecule has 2 heteroatoms. The second-order valence-corrected chi connectivity index (χ2v) is 5.50. The van der Waals surface area contributed by atoms with Crippen molar-refractivity contribution >= 4 is 0 Å². The van der Waals surface area contributed by atoms with Crippen LogP contribution in [0, 0.1) is 5.41 Å². The average Bonchev–Trinajstić information content (AvgIpc) is 2.72. The number of allylic oxidation sites excluding steroid dienone is 4. The molecule has 1 fully saturated rings. The molecule has 90 valence electrons. The standard InChI is InChI=1S/C14H22O2/c1-11-12(2)16-14(4,15-11)10-9-13(3)7-5-6-8-13/h5-8,11-12H,9-10H2,1-4H3. The van der Waals surface area contributed by atoms with E-state index < -0.39 is 5.79 Å². The molecule has 1 aliphatic heterocycles. The van der Waals surface area contributed by atoms with Gasteiger partial charge in [-0.3, -0.25) is 0 Å². The summed E-state index contributed by atoms with van der Waals surface area (Å²) in [5.41, 5.74) is 0.185. The highest BCUT2D eigenvalue weighted by atomic mass is 16.7. The molecule has 1 aliphatic carbocycles. The molecule has 2 nitrogen and oxygen atoms in total. The Morgan fingerprint density at radius 3 is 1.94 bits per heavy atom. The van der Waals surface area contributed by atoms with E-state index in [1.807, 2.05) is 0 Å². The summed E-state index contributed by atoms with van der Waals surface area (Å²) >= 11 is 0. The molecule has 0 radical (unpaired) electrons. The van der Waals surface area contributed by atoms with Crippen LogP contribution in [0.4, 0.5) is 0 Å². The molecule has 1 heterocycles. The Balaban J connectivity index is 1.91. The fraction of sp³-hybridized carbons (Fsp3) is 0.714. The quantitative estimate of drug-likeness (QED) is 0.728. The Labute approximate surface area is 98.3 Å². The topological polar surface area (TPSA) is 18.5 Å². The van der Waals surface area contributed by atoms with Gasteiger partial charge in [-0.1, -0.05) is 31.2 Å². The van der Waals surface area contributed by atoms with E-state index >= 15 is 0 Å². The molecule has 2 aliphatic rings. The van der Waals surface area contributed by atoms with Gasteiger partial charge in [-0.15, -0.1) is 0 Å². The summed E-state index contributed by atoms with van der Waals surface area (Å²) in [4.78, 5) is 0. The molecule has 0 saturated carbocycles. The Morgan fingerprint density at radius 1 is 0.938 bits per heavy atom. The highest BCUT2D eigenvalue weighted by Gasteiger charge is 2.40. The zero-order chi connectivity index (χ0) is 11.8. The molecular weight excluding hydrogens is 200 g/mol. The average molecular weight is 222 g/mol. The van der Waals surface area contributed by atoms with E-state index in [4.69, 9.17) is 9.47 Å². The molecule has 2 atom stereocenters. The normalized spacial score (nSPS) is 40.8. The van der Waals surface area contributed by atoms with Gasteiger partial charge < -0.3 is 9.47 Å². The first kappa shape index (κ1) is 11.9. The summed E-state index contributed by atoms with van der Waals surface area (Å²) in [6.07, 6.45) is 11.1. The van der Waals surface area contributed by atoms with E-state index in [1.165, 1.54) is 0 Å². The number of ether oxygens (including phenoxy) is 2. The number of rotatable bonds is 3. The van der Waals surface area contributed by atoms with E-state index in [-0.39, 0.29) is 17.6 Å². The molecule has 0 spiro atoms. The van der Waals surface area contributed by atoms with Gasteiger partial charge in [0.1, 0.15) is 0 Å². The molecule has 16 heavy (non-hydrogen) atoms. The first-order valence-corrected chi connectivity index (χ1v) is 6.15. The van der Waals surface area contributed by atoms with Gasteiger partial charge >= 0.3 is 0 Å². The SMILES string of the molecule is CC1OC(C)(CCC2(C)C=CC=C2)OC1C. The summed E-state index contributed by atoms with van der Waals surface area (Å²) in [7, 11) is 0. The van der Waals surface area contributed by atoms with Crippen LogP contribution in [0.1, 0.15) is 40.5 Å². The summed E-state index contributed by atoms with van der Waals surface area (Å²) in [5, 5.41) is 0. The van der Waals surface area contributed by atoms with Gasteiger partial charge in [0.2, 0.25) is 0 Å². The maximum absolute atomic E-state index is 5.90. The number of hydrogen-bond acceptors (Lipinski definition) is 2. The van der Waals surface area contributed by atoms with Crippen LogP contribution in [0.25, 0.3) is 0 Å². The predicted octanol–water partition coefficient (Wildman–Crippen LogP) is 3.44. The molecule has 2 rings (SSSR count). The highest BCUT2D eigenvalue weighted by molar-refractivity contribution is 5.23. The number of hydrogen-bond donors (Lipinski definition) is 0. The van der Waals surface area contributed by atoms with Crippen molar-refractivity contribution in [2.24, 2.45) is 5.41 Å². The summed E-state index contributed by atoms with van der Waals surface area (Å²) < 4.78 is 11.8. The van der Waals surface area contributed by atoms with Crippen LogP contribution in [0.2, 0.25) is 0 Å². The molecule has 0 aromatic rings. The minimum Gasteiger partial charge on any atom is -0.345 e. The third-order valence-electron chi connectivity index (χ3n) is 3.71. The van der Waals surface area contributed by atoms with Crippen molar-refractivity contribution in [1.29, 1.82) is 0 Å². The Kier molecular flexibility index (Phi) is 2.97. The third kappa shape index (κ3) is 2.38. The van der Waals surface area contributed by atoms with Gasteiger partial charge in [-0.05, 0) is 27.2 Å². The lowest BCUT2D eigenvalue weighted by Gasteiger charge is -2.28. The van der Waals surface area contributed by atoms with Crippen molar-refractivity contribution in [1.82, 2.24) is 0 Å². The van der Waals surface area contributed by atoms with Gasteiger partial charge in [0.05, 0.1) is 12.2 Å². The maximum Gasteiger partial charge on any atom is 0.166 e. The molecule has 0 aromatic heterocycles. The van der Waals surface area contributed by atoms with Gasteiger partial charge in [0.15, 0.2) is 5.79 Å². The molecule has 0 aromatic carbocycles. The van der Waals surface area contributed by atoms with Crippen LogP contribution in [0.5, 0.6) is 0 Å². The zero-order valence-electron chi connectivity index (χ0n) is 10.7. The lowest BCUT2D eigenvalue weighted by Crippen LogP contribution is -2.28. The minimum absolute atomic E-state index is 0.185. The van der Waals surface area contributed by atoms with E-state index in [0.29, 0.717) is 0 Å². The smallest absolute Gasteiger partial charge is 0.166 e. The fourth-order valence-electron chi connectivity index (χ4n) is 2.39. The second-order valence-electron chi connectivity index (χ2n) is 5.50. The van der Waals surface area contributed by atoms with E-state index in [1.54, 1.807) is 0 Å². The highest BCUT2D eigenvalue weighted by Crippen LogP contribution is 2.38. The molecule has 2 unspecified atom stereocenters. The zero-order valence-corrected chi connectivity index (χ0v) is 10.7. The Hall–Kier alpha value is -0.600. The lowest BCUT2D eigenvalue weighted by atomic mass is 9.86. The van der Waals surface area contributed by atoms with Crippen molar-refractivity contribution in [3.63, 3.8) is 0 Å². The molecule has 1 saturated heterocycles. The first-order valence-electron chi connectivity index (χ1n) is 6.15. The summed E-state index contributed by atoms with van der Waals surface area (Å²) in [6.45, 7) is 8.46. The summed E-state index contributed by atoms with van der Waals surface area (Å²) in [5.74, 6) is -0.397. The molecule has 0 N–H and O–H groups in total. The van der Waals surface area contributed by atoms with Crippen molar-refractivity contribution in [3.8, 4) is 0 Å². The summed E-state index contributed by atoms with van der Waals surface area (Å²) in [6, 6.07) is 0. The van der Waals surface area contributed by atoms with Gasteiger partial charge in [0, 0.05) is 11.8 Å². The predicted molar refractivity (Wildman–Crippen MR) is 65.1 cm³/mol. The first-order chi connectivity index (χ1) is 7.43. The molecular formula is C14H22O2. The van der Waals surface area contributed by atoms with Crippen molar-refractivity contribution in [3.05, 3.63) is 24.3 Å². The Morgan fingerprint density at radius 2 is 1.44 bits per heavy atom. The van der Waals surface area contributed by atoms with Crippen LogP contribution in [0.15, 0.2) is 24.3 Å². The van der Waals surface area contributed by atoms with E-state index in [9.17, 15) is 0 Å². The minimum atomic E-state index is -0.397. The van der Waals surface area contributed by atoms with Crippen LogP contribution in [0.3, 0.4) is 0 Å². The largest absolute Gasteiger partial charge is 0.345 e. The maximum atomic E-state index is 5.90. The molecule has 0 bridgehead atoms. The van der Waals surface area contributed by atoms with Crippen LogP contribution in [-0.4, -0.2) is 18.0 Å². The van der Waals surface area contributed by atoms with Gasteiger partial charge in [-0.25, -0.2) is 0 Å². The second kappa shape index (κ2) is 4.01. The van der Waals surface area contributed by atoms with E-state index in [2.05, 4.69) is 52.0 Å². The van der Waals surface area contributed by atoms with Crippen molar-refractivity contribution in [2.45, 2.75) is 58.5 Å². The van der Waals surface area contributed by atoms with Crippen LogP contribution >= 0.6 is 0 Å². The van der Waals surface area contributed by atoms with Crippen LogP contribution < -0.4 is 0 Å². The van der Waals surface area contributed by atoms with Crippen LogP contribution in [-0.2, 0) is 9.47 Å². The third-order valence-corrected chi connectivity index (χ3v) is 3.71. The lowest BCUT2D eigenvalue weighted by molar-refractivity contribution is -0.165. The van der Waals surface area contributed by atoms with Gasteiger partial charge in [0.25, 0.3) is 0 Å². The van der Waals surface area contributed by atoms with Gasteiger partial charge in [-0.2, -0.15) is 0 Å². The van der Waals surface area contributed by atoms with Crippen molar-refractivity contribution < 1.29 is 9.47 Å². The Bertz CT molecular complexity index is 295. The molecule has 0 amide bonds.